The van der Waals surface area contributed by atoms with E-state index in [-0.39, 0.29) is 9.79 Å². The molecule has 9 heteroatoms. The molecular weight excluding hydrogens is 565 g/mol. The SMILES string of the molecule is CCCCCCCOc1ccc(S(=O)(=O)c2cnc3ccc(SC)cc3c2N2CCN(C3CCN(C)CC3)CC2)cc1. The Balaban J connectivity index is 1.39. The highest BCUT2D eigenvalue weighted by Crippen LogP contribution is 2.38. The fourth-order valence-electron chi connectivity index (χ4n) is 6.20. The lowest BCUT2D eigenvalue weighted by molar-refractivity contribution is 0.115. The van der Waals surface area contributed by atoms with Crippen molar-refractivity contribution < 1.29 is 13.2 Å². The summed E-state index contributed by atoms with van der Waals surface area (Å²) in [4.78, 5) is 13.6. The Hall–Kier alpha value is -2.33. The van der Waals surface area contributed by atoms with Crippen molar-refractivity contribution in [3.63, 3.8) is 0 Å². The number of nitrogens with zero attached hydrogens (tertiary/aromatic N) is 4. The maximum Gasteiger partial charge on any atom is 0.210 e. The number of hydrogen-bond acceptors (Lipinski definition) is 8. The predicted octanol–water partition coefficient (Wildman–Crippen LogP) is 6.35. The summed E-state index contributed by atoms with van der Waals surface area (Å²) in [5.41, 5.74) is 1.61. The summed E-state index contributed by atoms with van der Waals surface area (Å²) in [6.45, 7) is 8.60. The molecule has 0 aliphatic carbocycles. The van der Waals surface area contributed by atoms with Crippen molar-refractivity contribution >= 4 is 38.2 Å². The highest BCUT2D eigenvalue weighted by atomic mass is 32.2. The summed E-state index contributed by atoms with van der Waals surface area (Å²) in [5, 5.41) is 0.902. The number of anilines is 1. The molecule has 2 aliphatic rings. The molecule has 0 unspecified atom stereocenters. The smallest absolute Gasteiger partial charge is 0.210 e. The van der Waals surface area contributed by atoms with Crippen LogP contribution in [0.3, 0.4) is 0 Å². The number of ether oxygens (including phenoxy) is 1. The number of pyridine rings is 1. The maximum atomic E-state index is 14.2. The Bertz CT molecular complexity index is 1420. The van der Waals surface area contributed by atoms with Gasteiger partial charge in [0.2, 0.25) is 9.84 Å². The molecule has 0 saturated carbocycles. The third-order valence-electron chi connectivity index (χ3n) is 8.79. The van der Waals surface area contributed by atoms with Crippen molar-refractivity contribution in [3.8, 4) is 5.75 Å². The number of aromatic nitrogens is 1. The zero-order chi connectivity index (χ0) is 29.5. The zero-order valence-electron chi connectivity index (χ0n) is 25.4. The molecule has 0 amide bonds. The van der Waals surface area contributed by atoms with Crippen molar-refractivity contribution in [3.05, 3.63) is 48.7 Å². The van der Waals surface area contributed by atoms with Crippen molar-refractivity contribution in [1.82, 2.24) is 14.8 Å². The van der Waals surface area contributed by atoms with Crippen LogP contribution in [0.1, 0.15) is 51.9 Å². The van der Waals surface area contributed by atoms with E-state index in [9.17, 15) is 8.42 Å². The largest absolute Gasteiger partial charge is 0.494 e. The standard InChI is InChI=1S/C33H46N4O3S2/c1-4-5-6-7-8-23-40-27-9-12-29(13-10-27)42(38,39)32-25-34-31-14-11-28(41-3)24-30(31)33(32)37-21-19-36(20-22-37)26-15-17-35(2)18-16-26/h9-14,24-26H,4-8,15-23H2,1-3H3. The Kier molecular flexibility index (Phi) is 10.7. The summed E-state index contributed by atoms with van der Waals surface area (Å²) >= 11 is 1.66. The van der Waals surface area contributed by atoms with Crippen LogP contribution >= 0.6 is 11.8 Å². The van der Waals surface area contributed by atoms with Crippen LogP contribution < -0.4 is 9.64 Å². The molecule has 5 rings (SSSR count). The Morgan fingerprint density at radius 3 is 2.33 bits per heavy atom. The molecule has 3 heterocycles. The normalized spacial score (nSPS) is 17.6. The third-order valence-corrected chi connectivity index (χ3v) is 11.3. The van der Waals surface area contributed by atoms with Crippen molar-refractivity contribution in [2.45, 2.75) is 72.6 Å². The molecule has 2 aromatic carbocycles. The van der Waals surface area contributed by atoms with E-state index in [1.807, 2.05) is 12.3 Å². The molecule has 0 N–H and O–H groups in total. The monoisotopic (exact) mass is 610 g/mol. The van der Waals surface area contributed by atoms with Gasteiger partial charge in [-0.15, -0.1) is 11.8 Å². The molecule has 2 saturated heterocycles. The fraction of sp³-hybridized carbons (Fsp3) is 0.545. The van der Waals surface area contributed by atoms with Crippen LogP contribution in [0.5, 0.6) is 5.75 Å². The molecule has 2 fully saturated rings. The van der Waals surface area contributed by atoms with Gasteiger partial charge in [-0.1, -0.05) is 32.6 Å². The Morgan fingerprint density at radius 1 is 0.929 bits per heavy atom. The van der Waals surface area contributed by atoms with E-state index in [4.69, 9.17) is 4.74 Å². The summed E-state index contributed by atoms with van der Waals surface area (Å²) in [6, 6.07) is 13.7. The molecule has 42 heavy (non-hydrogen) atoms. The van der Waals surface area contributed by atoms with Gasteiger partial charge in [-0.05, 0) is 88.1 Å². The van der Waals surface area contributed by atoms with Gasteiger partial charge in [-0.2, -0.15) is 0 Å². The minimum Gasteiger partial charge on any atom is -0.494 e. The fourth-order valence-corrected chi connectivity index (χ4v) is 8.07. The van der Waals surface area contributed by atoms with Crippen LogP contribution in [-0.2, 0) is 9.84 Å². The number of unbranched alkanes of at least 4 members (excludes halogenated alkanes) is 4. The van der Waals surface area contributed by atoms with Crippen LogP contribution in [0.4, 0.5) is 5.69 Å². The van der Waals surface area contributed by atoms with Crippen LogP contribution in [0.25, 0.3) is 10.9 Å². The lowest BCUT2D eigenvalue weighted by Gasteiger charge is -2.43. The second-order valence-corrected chi connectivity index (χ2v) is 14.4. The lowest BCUT2D eigenvalue weighted by Crippen LogP contribution is -2.53. The van der Waals surface area contributed by atoms with Gasteiger partial charge < -0.3 is 14.5 Å². The second kappa shape index (κ2) is 14.4. The molecule has 0 spiro atoms. The maximum absolute atomic E-state index is 14.2. The van der Waals surface area contributed by atoms with Gasteiger partial charge in [0.1, 0.15) is 10.6 Å². The number of thioether (sulfide) groups is 1. The third kappa shape index (κ3) is 7.24. The number of benzene rings is 2. The second-order valence-electron chi connectivity index (χ2n) is 11.6. The number of likely N-dealkylation sites (tertiary alicyclic amines) is 1. The summed E-state index contributed by atoms with van der Waals surface area (Å²) in [6.07, 6.45) is 11.9. The first-order valence-corrected chi connectivity index (χ1v) is 18.2. The molecular formula is C33H46N4O3S2. The average molecular weight is 611 g/mol. The zero-order valence-corrected chi connectivity index (χ0v) is 27.1. The van der Waals surface area contributed by atoms with Crippen molar-refractivity contribution in [1.29, 1.82) is 0 Å². The number of piperidine rings is 1. The van der Waals surface area contributed by atoms with Crippen LogP contribution in [0.2, 0.25) is 0 Å². The first kappa shape index (κ1) is 31.1. The lowest BCUT2D eigenvalue weighted by atomic mass is 10.0. The highest BCUT2D eigenvalue weighted by molar-refractivity contribution is 7.98. The minimum atomic E-state index is -3.81. The van der Waals surface area contributed by atoms with Crippen LogP contribution in [-0.4, -0.2) is 88.4 Å². The topological polar surface area (TPSA) is 66.0 Å². The predicted molar refractivity (Wildman–Crippen MR) is 174 cm³/mol. The molecule has 0 bridgehead atoms. The molecule has 3 aromatic rings. The molecule has 0 radical (unpaired) electrons. The van der Waals surface area contributed by atoms with E-state index in [1.54, 1.807) is 42.2 Å². The van der Waals surface area contributed by atoms with Crippen LogP contribution in [0.15, 0.2) is 63.3 Å². The average Bonchev–Trinajstić information content (AvgIpc) is 3.02. The first-order valence-electron chi connectivity index (χ1n) is 15.5. The summed E-state index contributed by atoms with van der Waals surface area (Å²) < 4.78 is 34.3. The molecule has 228 valence electrons. The first-order chi connectivity index (χ1) is 20.4. The number of rotatable bonds is 12. The van der Waals surface area contributed by atoms with Gasteiger partial charge in [0.15, 0.2) is 0 Å². The van der Waals surface area contributed by atoms with E-state index in [1.165, 1.54) is 32.1 Å². The van der Waals surface area contributed by atoms with Gasteiger partial charge in [-0.3, -0.25) is 9.88 Å². The van der Waals surface area contributed by atoms with Gasteiger partial charge in [0.05, 0.1) is 22.7 Å². The number of piperazine rings is 1. The van der Waals surface area contributed by atoms with E-state index < -0.39 is 9.84 Å². The van der Waals surface area contributed by atoms with E-state index in [2.05, 4.69) is 45.8 Å². The van der Waals surface area contributed by atoms with E-state index in [0.29, 0.717) is 18.4 Å². The van der Waals surface area contributed by atoms with Gasteiger partial charge >= 0.3 is 0 Å². The summed E-state index contributed by atoms with van der Waals surface area (Å²) in [5.74, 6) is 0.705. The Morgan fingerprint density at radius 2 is 1.64 bits per heavy atom. The van der Waals surface area contributed by atoms with Crippen molar-refractivity contribution in [2.75, 3.05) is 64.1 Å². The molecule has 7 nitrogen and oxygen atoms in total. The number of fused-ring (bicyclic) bond motifs is 1. The van der Waals surface area contributed by atoms with Crippen molar-refractivity contribution in [2.24, 2.45) is 0 Å². The van der Waals surface area contributed by atoms with Gasteiger partial charge in [0, 0.05) is 48.7 Å². The molecule has 1 aromatic heterocycles. The minimum absolute atomic E-state index is 0.270. The Labute approximate surface area is 256 Å². The van der Waals surface area contributed by atoms with E-state index >= 15 is 0 Å². The van der Waals surface area contributed by atoms with Gasteiger partial charge in [-0.25, -0.2) is 8.42 Å². The van der Waals surface area contributed by atoms with Crippen LogP contribution in [0, 0.1) is 0 Å². The molecule has 0 atom stereocenters. The van der Waals surface area contributed by atoms with Gasteiger partial charge in [0.25, 0.3) is 0 Å². The molecule has 2 aliphatic heterocycles. The number of sulfone groups is 1. The summed E-state index contributed by atoms with van der Waals surface area (Å²) in [7, 11) is -1.61. The highest BCUT2D eigenvalue weighted by Gasteiger charge is 2.31. The number of hydrogen-bond donors (Lipinski definition) is 0. The quantitative estimate of drug-likeness (QED) is 0.174. The van der Waals surface area contributed by atoms with E-state index in [0.717, 1.165) is 73.6 Å².